The molecule has 10 heteroatoms. The van der Waals surface area contributed by atoms with Gasteiger partial charge in [-0.25, -0.2) is 8.42 Å². The van der Waals surface area contributed by atoms with Crippen molar-refractivity contribution in [3.63, 3.8) is 0 Å². The van der Waals surface area contributed by atoms with Crippen LogP contribution in [0.25, 0.3) is 0 Å². The van der Waals surface area contributed by atoms with Gasteiger partial charge in [-0.15, -0.1) is 0 Å². The Morgan fingerprint density at radius 3 is 2.62 bits per heavy atom. The minimum atomic E-state index is -4.12. The Hall–Kier alpha value is -3.97. The fourth-order valence-corrected chi connectivity index (χ4v) is 6.05. The second kappa shape index (κ2) is 8.43. The highest BCUT2D eigenvalue weighted by Crippen LogP contribution is 2.36. The number of anilines is 1. The molecular weight excluding hydrogens is 454 g/mol. The standard InChI is InChI=1S/C24H21N5O4S/c25-12-17-5-1-2-7-22(17)34(32,33)27-20-8-9-21-18-11-16(14-29(21)24(20)31)13-28(15-18)23(30)19-6-3-4-10-26-19/h1-10,16,18,27H,11,13-15H2/t16-,18+/m0/s1. The Bertz CT molecular complexity index is 1480. The third kappa shape index (κ3) is 3.84. The van der Waals surface area contributed by atoms with E-state index in [9.17, 15) is 23.3 Å². The van der Waals surface area contributed by atoms with Crippen LogP contribution in [0.4, 0.5) is 5.69 Å². The summed E-state index contributed by atoms with van der Waals surface area (Å²) in [7, 11) is -4.12. The zero-order valence-electron chi connectivity index (χ0n) is 18.1. The zero-order valence-corrected chi connectivity index (χ0v) is 18.9. The van der Waals surface area contributed by atoms with Crippen molar-refractivity contribution in [3.8, 4) is 6.07 Å². The van der Waals surface area contributed by atoms with Crippen molar-refractivity contribution < 1.29 is 13.2 Å². The Labute approximate surface area is 196 Å². The van der Waals surface area contributed by atoms with E-state index in [0.717, 1.165) is 12.1 Å². The van der Waals surface area contributed by atoms with Crippen LogP contribution in [0.3, 0.4) is 0 Å². The third-order valence-electron chi connectivity index (χ3n) is 6.32. The first kappa shape index (κ1) is 21.9. The molecule has 0 aliphatic carbocycles. The van der Waals surface area contributed by atoms with E-state index in [0.29, 0.717) is 25.3 Å². The summed E-state index contributed by atoms with van der Waals surface area (Å²) < 4.78 is 29.7. The fourth-order valence-electron chi connectivity index (χ4n) is 4.83. The van der Waals surface area contributed by atoms with Crippen molar-refractivity contribution in [2.45, 2.75) is 23.8 Å². The van der Waals surface area contributed by atoms with E-state index in [4.69, 9.17) is 0 Å². The van der Waals surface area contributed by atoms with E-state index >= 15 is 0 Å². The Balaban J connectivity index is 1.43. The molecule has 3 aromatic rings. The molecule has 4 heterocycles. The van der Waals surface area contributed by atoms with Gasteiger partial charge in [-0.3, -0.25) is 19.3 Å². The van der Waals surface area contributed by atoms with Gasteiger partial charge in [0.2, 0.25) is 0 Å². The molecule has 1 fully saturated rings. The number of nitrogens with zero attached hydrogens (tertiary/aromatic N) is 4. The summed E-state index contributed by atoms with van der Waals surface area (Å²) in [6, 6.07) is 16.1. The number of hydrogen-bond donors (Lipinski definition) is 1. The lowest BCUT2D eigenvalue weighted by Gasteiger charge is -2.42. The highest BCUT2D eigenvalue weighted by molar-refractivity contribution is 7.92. The van der Waals surface area contributed by atoms with Gasteiger partial charge in [0, 0.05) is 37.4 Å². The lowest BCUT2D eigenvalue weighted by atomic mass is 9.83. The molecule has 9 nitrogen and oxygen atoms in total. The quantitative estimate of drug-likeness (QED) is 0.617. The first-order valence-corrected chi connectivity index (χ1v) is 12.3. The highest BCUT2D eigenvalue weighted by atomic mass is 32.2. The van der Waals surface area contributed by atoms with Gasteiger partial charge in [-0.05, 0) is 48.7 Å². The molecule has 1 amide bonds. The number of piperidine rings is 1. The molecule has 1 aromatic carbocycles. The Kier molecular flexibility index (Phi) is 5.42. The van der Waals surface area contributed by atoms with E-state index in [-0.39, 0.29) is 33.9 Å². The smallest absolute Gasteiger partial charge is 0.275 e. The summed E-state index contributed by atoms with van der Waals surface area (Å²) in [5, 5.41) is 9.25. The van der Waals surface area contributed by atoms with Crippen molar-refractivity contribution in [1.82, 2.24) is 14.5 Å². The topological polar surface area (TPSA) is 125 Å². The van der Waals surface area contributed by atoms with E-state index in [2.05, 4.69) is 9.71 Å². The lowest BCUT2D eigenvalue weighted by Crippen LogP contribution is -2.49. The predicted molar refractivity (Wildman–Crippen MR) is 124 cm³/mol. The zero-order chi connectivity index (χ0) is 23.9. The van der Waals surface area contributed by atoms with Gasteiger partial charge >= 0.3 is 0 Å². The number of likely N-dealkylation sites (tertiary alicyclic amines) is 1. The van der Waals surface area contributed by atoms with Gasteiger partial charge in [0.15, 0.2) is 0 Å². The Morgan fingerprint density at radius 2 is 1.85 bits per heavy atom. The van der Waals surface area contributed by atoms with Gasteiger partial charge in [-0.2, -0.15) is 5.26 Å². The van der Waals surface area contributed by atoms with E-state index in [1.54, 1.807) is 46.0 Å². The number of hydrogen-bond acceptors (Lipinski definition) is 6. The van der Waals surface area contributed by atoms with Crippen LogP contribution in [-0.4, -0.2) is 41.9 Å². The summed E-state index contributed by atoms with van der Waals surface area (Å²) in [6.07, 6.45) is 2.44. The molecule has 1 saturated heterocycles. The number of carbonyl (C=O) groups excluding carboxylic acids is 1. The second-order valence-electron chi connectivity index (χ2n) is 8.52. The number of benzene rings is 1. The van der Waals surface area contributed by atoms with Crippen molar-refractivity contribution in [2.24, 2.45) is 5.92 Å². The van der Waals surface area contributed by atoms with Crippen LogP contribution < -0.4 is 10.3 Å². The maximum absolute atomic E-state index is 13.2. The second-order valence-corrected chi connectivity index (χ2v) is 10.2. The number of fused-ring (bicyclic) bond motifs is 4. The molecule has 2 atom stereocenters. The van der Waals surface area contributed by atoms with Crippen LogP contribution in [0.2, 0.25) is 0 Å². The molecule has 2 bridgehead atoms. The molecule has 0 unspecified atom stereocenters. The number of nitriles is 1. The number of aromatic nitrogens is 2. The maximum atomic E-state index is 13.2. The van der Waals surface area contributed by atoms with Gasteiger partial charge < -0.3 is 9.47 Å². The third-order valence-corrected chi connectivity index (χ3v) is 7.74. The number of nitrogens with one attached hydrogen (secondary N) is 1. The molecule has 0 spiro atoms. The first-order valence-electron chi connectivity index (χ1n) is 10.8. The molecule has 1 N–H and O–H groups in total. The normalized spacial score (nSPS) is 19.1. The van der Waals surface area contributed by atoms with E-state index < -0.39 is 15.6 Å². The number of amides is 1. The minimum absolute atomic E-state index is 0.000239. The van der Waals surface area contributed by atoms with Crippen LogP contribution in [0, 0.1) is 17.2 Å². The molecular formula is C24H21N5O4S. The van der Waals surface area contributed by atoms with Gasteiger partial charge in [0.1, 0.15) is 22.3 Å². The van der Waals surface area contributed by atoms with Gasteiger partial charge in [-0.1, -0.05) is 18.2 Å². The van der Waals surface area contributed by atoms with Crippen LogP contribution in [0.5, 0.6) is 0 Å². The molecule has 172 valence electrons. The van der Waals surface area contributed by atoms with Crippen LogP contribution in [0.15, 0.2) is 70.5 Å². The summed E-state index contributed by atoms with van der Waals surface area (Å²) in [5.74, 6) is -0.0905. The van der Waals surface area contributed by atoms with E-state index in [1.807, 2.05) is 6.07 Å². The molecule has 5 rings (SSSR count). The van der Waals surface area contributed by atoms with Crippen molar-refractivity contribution in [3.05, 3.63) is 88.1 Å². The lowest BCUT2D eigenvalue weighted by molar-refractivity contribution is 0.0589. The first-order chi connectivity index (χ1) is 16.4. The van der Waals surface area contributed by atoms with E-state index in [1.165, 1.54) is 24.3 Å². The average molecular weight is 476 g/mol. The molecule has 2 aromatic heterocycles. The number of carbonyl (C=O) groups is 1. The number of pyridine rings is 2. The van der Waals surface area contributed by atoms with Crippen LogP contribution >= 0.6 is 0 Å². The summed E-state index contributed by atoms with van der Waals surface area (Å²) in [4.78, 5) is 31.9. The van der Waals surface area contributed by atoms with Gasteiger partial charge in [0.05, 0.1) is 5.56 Å². The minimum Gasteiger partial charge on any atom is -0.336 e. The maximum Gasteiger partial charge on any atom is 0.275 e. The summed E-state index contributed by atoms with van der Waals surface area (Å²) in [5.41, 5.74) is 0.662. The van der Waals surface area contributed by atoms with Crippen molar-refractivity contribution in [1.29, 1.82) is 5.26 Å². The summed E-state index contributed by atoms with van der Waals surface area (Å²) >= 11 is 0. The molecule has 0 saturated carbocycles. The predicted octanol–water partition coefficient (Wildman–Crippen LogP) is 2.18. The summed E-state index contributed by atoms with van der Waals surface area (Å²) in [6.45, 7) is 1.36. The average Bonchev–Trinajstić information content (AvgIpc) is 2.86. The van der Waals surface area contributed by atoms with Crippen molar-refractivity contribution in [2.75, 3.05) is 17.8 Å². The van der Waals surface area contributed by atoms with Crippen LogP contribution in [0.1, 0.15) is 34.1 Å². The largest absolute Gasteiger partial charge is 0.336 e. The molecule has 2 aliphatic rings. The SMILES string of the molecule is N#Cc1ccccc1S(=O)(=O)Nc1ccc2n(c1=O)C[C@H]1C[C@@H]2CN(C(=O)c2ccccn2)C1. The van der Waals surface area contributed by atoms with Crippen LogP contribution in [-0.2, 0) is 16.6 Å². The Morgan fingerprint density at radius 1 is 1.06 bits per heavy atom. The molecule has 0 radical (unpaired) electrons. The monoisotopic (exact) mass is 475 g/mol. The molecule has 34 heavy (non-hydrogen) atoms. The fraction of sp³-hybridized carbons (Fsp3) is 0.250. The van der Waals surface area contributed by atoms with Crippen molar-refractivity contribution >= 4 is 21.6 Å². The van der Waals surface area contributed by atoms with Gasteiger partial charge in [0.25, 0.3) is 21.5 Å². The highest BCUT2D eigenvalue weighted by Gasteiger charge is 2.37. The molecule has 2 aliphatic heterocycles. The number of rotatable bonds is 4. The number of sulfonamides is 1.